The molecule has 8 nitrogen and oxygen atoms in total. The molecule has 2 saturated heterocycles. The van der Waals surface area contributed by atoms with Crippen LogP contribution in [-0.4, -0.2) is 67.8 Å². The number of amides is 1. The molecule has 0 saturated carbocycles. The highest BCUT2D eigenvalue weighted by Crippen LogP contribution is 2.45. The van der Waals surface area contributed by atoms with Crippen LogP contribution in [0.25, 0.3) is 17.2 Å². The second-order valence-electron chi connectivity index (χ2n) is 13.7. The Labute approximate surface area is 279 Å². The first-order valence-corrected chi connectivity index (χ1v) is 17.3. The summed E-state index contributed by atoms with van der Waals surface area (Å²) in [5.74, 6) is 0.251. The van der Waals surface area contributed by atoms with E-state index in [4.69, 9.17) is 9.47 Å². The third-order valence-electron chi connectivity index (χ3n) is 10.7. The monoisotopic (exact) mass is 638 g/mol. The van der Waals surface area contributed by atoms with Gasteiger partial charge in [0.2, 0.25) is 0 Å². The highest BCUT2D eigenvalue weighted by Gasteiger charge is 2.38. The molecule has 0 bridgehead atoms. The summed E-state index contributed by atoms with van der Waals surface area (Å²) in [5, 5.41) is 3.03. The van der Waals surface area contributed by atoms with Crippen molar-refractivity contribution in [3.63, 3.8) is 0 Å². The van der Waals surface area contributed by atoms with Gasteiger partial charge >= 0.3 is 0 Å². The zero-order chi connectivity index (χ0) is 33.3. The number of carbonyl (C=O) groups excluding carboxylic acids is 1. The number of carbonyl (C=O) groups is 1. The average Bonchev–Trinajstić information content (AvgIpc) is 3.42. The lowest BCUT2D eigenvalue weighted by Crippen LogP contribution is -2.44. The molecule has 47 heavy (non-hydrogen) atoms. The molecule has 1 amide bonds. The summed E-state index contributed by atoms with van der Waals surface area (Å²) in [6.45, 7) is 15.2. The minimum absolute atomic E-state index is 0.0635. The van der Waals surface area contributed by atoms with Gasteiger partial charge in [-0.25, -0.2) is 0 Å². The van der Waals surface area contributed by atoms with Crippen LogP contribution in [0.5, 0.6) is 5.75 Å². The van der Waals surface area contributed by atoms with Crippen molar-refractivity contribution in [3.05, 3.63) is 86.3 Å². The van der Waals surface area contributed by atoms with Gasteiger partial charge in [0, 0.05) is 54.2 Å². The van der Waals surface area contributed by atoms with E-state index in [2.05, 4.69) is 77.3 Å². The van der Waals surface area contributed by atoms with Crippen molar-refractivity contribution >= 4 is 17.7 Å². The molecule has 0 atom stereocenters. The molecule has 1 spiro atoms. The molecule has 1 aromatic heterocycles. The normalized spacial score (nSPS) is 17.7. The first kappa shape index (κ1) is 33.0. The minimum atomic E-state index is -0.260. The van der Waals surface area contributed by atoms with Crippen LogP contribution < -0.4 is 20.5 Å². The van der Waals surface area contributed by atoms with Crippen molar-refractivity contribution < 1.29 is 14.3 Å². The van der Waals surface area contributed by atoms with Crippen LogP contribution in [0, 0.1) is 13.8 Å². The number of aryl methyl sites for hydroxylation is 1. The summed E-state index contributed by atoms with van der Waals surface area (Å²) in [4.78, 5) is 34.6. The lowest BCUT2D eigenvalue weighted by molar-refractivity contribution is 0.0846. The molecule has 0 unspecified atom stereocenters. The van der Waals surface area contributed by atoms with Crippen molar-refractivity contribution in [2.24, 2.45) is 0 Å². The number of ether oxygens (including phenoxy) is 2. The van der Waals surface area contributed by atoms with Gasteiger partial charge < -0.3 is 29.6 Å². The molecule has 2 fully saturated rings. The number of fused-ring (bicyclic) bond motifs is 2. The number of aromatic amines is 1. The highest BCUT2D eigenvalue weighted by molar-refractivity contribution is 5.99. The minimum Gasteiger partial charge on any atom is -0.496 e. The number of methoxy groups -OCH3 is 1. The van der Waals surface area contributed by atoms with Crippen molar-refractivity contribution in [2.45, 2.75) is 84.3 Å². The van der Waals surface area contributed by atoms with Gasteiger partial charge in [0.15, 0.2) is 0 Å². The number of H-pyrrole nitrogens is 1. The number of allylic oxidation sites excluding steroid dienone is 1. The van der Waals surface area contributed by atoms with Crippen molar-refractivity contribution in [2.75, 3.05) is 44.9 Å². The van der Waals surface area contributed by atoms with Crippen LogP contribution in [0.2, 0.25) is 0 Å². The number of nitrogens with zero attached hydrogens (tertiary/aromatic N) is 2. The first-order chi connectivity index (χ1) is 22.6. The summed E-state index contributed by atoms with van der Waals surface area (Å²) < 4.78 is 11.2. The van der Waals surface area contributed by atoms with Crippen LogP contribution in [0.4, 0.5) is 5.69 Å². The molecule has 6 rings (SSSR count). The second-order valence-corrected chi connectivity index (χ2v) is 13.7. The van der Waals surface area contributed by atoms with Crippen molar-refractivity contribution in [1.29, 1.82) is 0 Å². The van der Waals surface area contributed by atoms with Crippen LogP contribution in [0.3, 0.4) is 0 Å². The van der Waals surface area contributed by atoms with E-state index in [1.807, 2.05) is 19.9 Å². The van der Waals surface area contributed by atoms with Crippen LogP contribution in [0.1, 0.15) is 84.8 Å². The first-order valence-electron chi connectivity index (χ1n) is 17.3. The lowest BCUT2D eigenvalue weighted by atomic mass is 9.74. The molecule has 2 aromatic carbocycles. The lowest BCUT2D eigenvalue weighted by Gasteiger charge is -2.41. The number of nitrogens with one attached hydrogen (secondary N) is 2. The zero-order valence-electron chi connectivity index (χ0n) is 28.9. The van der Waals surface area contributed by atoms with Gasteiger partial charge in [0.25, 0.3) is 11.5 Å². The number of pyridine rings is 1. The van der Waals surface area contributed by atoms with Gasteiger partial charge in [0.05, 0.1) is 19.2 Å². The summed E-state index contributed by atoms with van der Waals surface area (Å²) in [6.07, 6.45) is 8.92. The Morgan fingerprint density at radius 2 is 1.85 bits per heavy atom. The van der Waals surface area contributed by atoms with Gasteiger partial charge in [-0.3, -0.25) is 9.59 Å². The number of benzene rings is 2. The smallest absolute Gasteiger partial charge is 0.256 e. The number of likely N-dealkylation sites (tertiary alicyclic amines) is 1. The van der Waals surface area contributed by atoms with E-state index < -0.39 is 0 Å². The summed E-state index contributed by atoms with van der Waals surface area (Å²) >= 11 is 0. The number of rotatable bonds is 9. The van der Waals surface area contributed by atoms with Gasteiger partial charge in [0.1, 0.15) is 5.75 Å². The molecule has 1 aliphatic carbocycles. The largest absolute Gasteiger partial charge is 0.496 e. The Balaban J connectivity index is 1.36. The summed E-state index contributed by atoms with van der Waals surface area (Å²) in [7, 11) is 1.54. The topological polar surface area (TPSA) is 86.9 Å². The van der Waals surface area contributed by atoms with Crippen molar-refractivity contribution in [3.8, 4) is 16.9 Å². The summed E-state index contributed by atoms with van der Waals surface area (Å²) in [5.41, 5.74) is 8.38. The molecule has 2 N–H and O–H groups in total. The average molecular weight is 639 g/mol. The van der Waals surface area contributed by atoms with E-state index >= 15 is 0 Å². The molecule has 0 radical (unpaired) electrons. The fourth-order valence-corrected chi connectivity index (χ4v) is 7.87. The molecule has 3 heterocycles. The van der Waals surface area contributed by atoms with E-state index in [-0.39, 0.29) is 23.4 Å². The van der Waals surface area contributed by atoms with Crippen LogP contribution in [-0.2, 0) is 16.7 Å². The Morgan fingerprint density at radius 1 is 1.11 bits per heavy atom. The number of aromatic nitrogens is 1. The molecular formula is C39H50N4O4. The van der Waals surface area contributed by atoms with E-state index in [0.29, 0.717) is 34.7 Å². The van der Waals surface area contributed by atoms with Gasteiger partial charge in [-0.05, 0) is 125 Å². The number of hydrogen-bond donors (Lipinski definition) is 2. The summed E-state index contributed by atoms with van der Waals surface area (Å²) in [6, 6.07) is 13.8. The Morgan fingerprint density at radius 3 is 2.53 bits per heavy atom. The van der Waals surface area contributed by atoms with E-state index in [9.17, 15) is 9.59 Å². The molecular weight excluding hydrogens is 588 g/mol. The van der Waals surface area contributed by atoms with E-state index in [1.165, 1.54) is 18.2 Å². The molecule has 8 heteroatoms. The van der Waals surface area contributed by atoms with E-state index in [1.54, 1.807) is 6.07 Å². The molecule has 250 valence electrons. The SMILES string of the molecule is CCN(c1cc(-c2ccc3c(c2)C=CC32CCN(C(C)C)CC2)cc(C(=O)NCc2c(OC)cc(C)[nH]c2=O)c1C)C1CCOCC1. The standard InChI is InChI=1S/C39H50N4O4/c1-7-43(31-11-18-47-19-12-31)35-23-30(22-32(27(35)5)37(44)40-24-33-36(46-6)20-26(4)41-38(33)45)28-8-9-34-29(21-28)10-13-39(34)14-16-42(17-15-39)25(2)3/h8-10,13,20-23,25,31H,7,11-12,14-19,24H2,1-6H3,(H,40,44)(H,41,45). The predicted octanol–water partition coefficient (Wildman–Crippen LogP) is 6.37. The third-order valence-corrected chi connectivity index (χ3v) is 10.7. The molecule has 3 aromatic rings. The molecule has 2 aliphatic heterocycles. The quantitative estimate of drug-likeness (QED) is 0.283. The van der Waals surface area contributed by atoms with Crippen LogP contribution in [0.15, 0.2) is 47.3 Å². The van der Waals surface area contributed by atoms with Crippen LogP contribution >= 0.6 is 0 Å². The Hall–Kier alpha value is -3.88. The second kappa shape index (κ2) is 13.7. The maximum Gasteiger partial charge on any atom is 0.256 e. The number of piperidine rings is 1. The van der Waals surface area contributed by atoms with Gasteiger partial charge in [-0.15, -0.1) is 0 Å². The molecule has 3 aliphatic rings. The van der Waals surface area contributed by atoms with Gasteiger partial charge in [-0.2, -0.15) is 0 Å². The fraction of sp³-hybridized carbons (Fsp3) is 0.487. The highest BCUT2D eigenvalue weighted by atomic mass is 16.5. The number of hydrogen-bond acceptors (Lipinski definition) is 6. The maximum absolute atomic E-state index is 14.0. The van der Waals surface area contributed by atoms with Gasteiger partial charge in [-0.1, -0.05) is 24.3 Å². The fourth-order valence-electron chi connectivity index (χ4n) is 7.87. The maximum atomic E-state index is 14.0. The number of anilines is 1. The van der Waals surface area contributed by atoms with Crippen molar-refractivity contribution in [1.82, 2.24) is 15.2 Å². The zero-order valence-corrected chi connectivity index (χ0v) is 28.9. The third kappa shape index (κ3) is 6.50. The Bertz CT molecular complexity index is 1710. The Kier molecular flexibility index (Phi) is 9.62. The predicted molar refractivity (Wildman–Crippen MR) is 190 cm³/mol. The van der Waals surface area contributed by atoms with E-state index in [0.717, 1.165) is 80.9 Å².